The van der Waals surface area contributed by atoms with E-state index in [1.807, 2.05) is 27.7 Å². The summed E-state index contributed by atoms with van der Waals surface area (Å²) in [7, 11) is 2.27. The average Bonchev–Trinajstić information content (AvgIpc) is 3.49. The van der Waals surface area contributed by atoms with Crippen LogP contribution in [0, 0.1) is 6.92 Å². The van der Waals surface area contributed by atoms with Crippen LogP contribution in [0.2, 0.25) is 5.02 Å². The highest BCUT2D eigenvalue weighted by atomic mass is 35.5. The summed E-state index contributed by atoms with van der Waals surface area (Å²) in [5, 5.41) is 0.960. The molecule has 0 radical (unpaired) electrons. The number of halogens is 1. The molecule has 3 heteroatoms. The molecule has 144 valence electrons. The first-order valence-electron chi connectivity index (χ1n) is 10.3. The van der Waals surface area contributed by atoms with Gasteiger partial charge in [-0.3, -0.25) is 0 Å². The lowest BCUT2D eigenvalue weighted by molar-refractivity contribution is 0.182. The van der Waals surface area contributed by atoms with Crippen molar-refractivity contribution in [2.24, 2.45) is 0 Å². The largest absolute Gasteiger partial charge is 0.302 e. The van der Waals surface area contributed by atoms with Crippen LogP contribution in [0.4, 0.5) is 0 Å². The van der Waals surface area contributed by atoms with Gasteiger partial charge in [-0.25, -0.2) is 0 Å². The molecule has 1 saturated heterocycles. The Morgan fingerprint density at radius 3 is 2.16 bits per heavy atom. The van der Waals surface area contributed by atoms with Crippen LogP contribution in [0.5, 0.6) is 0 Å². The van der Waals surface area contributed by atoms with Crippen molar-refractivity contribution in [1.82, 2.24) is 9.80 Å². The van der Waals surface area contributed by atoms with Gasteiger partial charge < -0.3 is 9.80 Å². The van der Waals surface area contributed by atoms with Gasteiger partial charge in [-0.2, -0.15) is 0 Å². The SMILES string of the molecule is CC.CC.Cc1ccc(C2CCN(CCN(C)C3CC3)CC2)c(Cl)c1. The minimum absolute atomic E-state index is 0.649. The summed E-state index contributed by atoms with van der Waals surface area (Å²) in [5.41, 5.74) is 2.61. The first kappa shape index (κ1) is 22.5. The van der Waals surface area contributed by atoms with Crippen LogP contribution in [0.3, 0.4) is 0 Å². The molecule has 0 atom stereocenters. The standard InChI is InChI=1S/C18H27ClN2.2C2H6/c1-14-3-6-17(18(19)13-14)15-7-9-21(10-8-15)12-11-20(2)16-4-5-16;2*1-2/h3,6,13,15-16H,4-5,7-12H2,1-2H3;2*1-2H3. The first-order valence-corrected chi connectivity index (χ1v) is 10.7. The quantitative estimate of drug-likeness (QED) is 0.632. The van der Waals surface area contributed by atoms with E-state index in [-0.39, 0.29) is 0 Å². The van der Waals surface area contributed by atoms with E-state index in [0.717, 1.165) is 11.1 Å². The van der Waals surface area contributed by atoms with Crippen molar-refractivity contribution in [3.05, 3.63) is 34.3 Å². The molecule has 2 fully saturated rings. The second-order valence-electron chi connectivity index (χ2n) is 6.85. The number of benzene rings is 1. The lowest BCUT2D eigenvalue weighted by Crippen LogP contribution is -2.38. The van der Waals surface area contributed by atoms with Crippen molar-refractivity contribution in [2.45, 2.75) is 72.3 Å². The van der Waals surface area contributed by atoms with Gasteiger partial charge in [0.25, 0.3) is 0 Å². The van der Waals surface area contributed by atoms with E-state index in [4.69, 9.17) is 11.6 Å². The van der Waals surface area contributed by atoms with E-state index in [9.17, 15) is 0 Å². The highest BCUT2D eigenvalue weighted by molar-refractivity contribution is 6.31. The van der Waals surface area contributed by atoms with Gasteiger partial charge in [-0.05, 0) is 75.9 Å². The third kappa shape index (κ3) is 7.29. The third-order valence-electron chi connectivity index (χ3n) is 5.12. The Bertz CT molecular complexity index is 477. The summed E-state index contributed by atoms with van der Waals surface area (Å²) in [4.78, 5) is 5.15. The first-order chi connectivity index (χ1) is 12.1. The molecule has 3 rings (SSSR count). The number of hydrogen-bond acceptors (Lipinski definition) is 2. The molecular formula is C22H39ClN2. The molecule has 2 nitrogen and oxygen atoms in total. The van der Waals surface area contributed by atoms with Gasteiger partial charge in [0.1, 0.15) is 0 Å². The predicted octanol–water partition coefficient (Wildman–Crippen LogP) is 5.97. The molecule has 1 aromatic carbocycles. The Morgan fingerprint density at radius 2 is 1.64 bits per heavy atom. The van der Waals surface area contributed by atoms with Gasteiger partial charge in [0, 0.05) is 24.2 Å². The zero-order chi connectivity index (χ0) is 18.8. The molecule has 0 spiro atoms. The number of aryl methyl sites for hydroxylation is 1. The molecule has 1 aliphatic heterocycles. The lowest BCUT2D eigenvalue weighted by Gasteiger charge is -2.33. The van der Waals surface area contributed by atoms with Gasteiger partial charge in [0.2, 0.25) is 0 Å². The minimum Gasteiger partial charge on any atom is -0.302 e. The summed E-state index contributed by atoms with van der Waals surface area (Å²) in [6, 6.07) is 7.42. The van der Waals surface area contributed by atoms with Crippen molar-refractivity contribution in [3.8, 4) is 0 Å². The second-order valence-corrected chi connectivity index (χ2v) is 7.26. The van der Waals surface area contributed by atoms with Crippen molar-refractivity contribution >= 4 is 11.6 Å². The summed E-state index contributed by atoms with van der Waals surface area (Å²) < 4.78 is 0. The fourth-order valence-electron chi connectivity index (χ4n) is 3.43. The average molecular weight is 367 g/mol. The lowest BCUT2D eigenvalue weighted by atomic mass is 9.89. The maximum Gasteiger partial charge on any atom is 0.0443 e. The van der Waals surface area contributed by atoms with E-state index in [0.29, 0.717) is 5.92 Å². The number of piperidine rings is 1. The Labute approximate surface area is 161 Å². The Hall–Kier alpha value is -0.570. The van der Waals surface area contributed by atoms with Gasteiger partial charge >= 0.3 is 0 Å². The van der Waals surface area contributed by atoms with Crippen molar-refractivity contribution in [2.75, 3.05) is 33.2 Å². The Balaban J connectivity index is 0.000000730. The van der Waals surface area contributed by atoms with Crippen LogP contribution < -0.4 is 0 Å². The maximum absolute atomic E-state index is 6.42. The molecule has 0 unspecified atom stereocenters. The van der Waals surface area contributed by atoms with Crippen molar-refractivity contribution in [1.29, 1.82) is 0 Å². The van der Waals surface area contributed by atoms with Crippen LogP contribution >= 0.6 is 11.6 Å². The molecule has 1 heterocycles. The molecule has 0 bridgehead atoms. The molecule has 1 aromatic rings. The molecule has 2 aliphatic rings. The van der Waals surface area contributed by atoms with E-state index in [1.54, 1.807) is 0 Å². The van der Waals surface area contributed by atoms with E-state index in [2.05, 4.69) is 42.0 Å². The van der Waals surface area contributed by atoms with Crippen molar-refractivity contribution in [3.63, 3.8) is 0 Å². The number of rotatable bonds is 5. The number of nitrogens with zero attached hydrogens (tertiary/aromatic N) is 2. The highest BCUT2D eigenvalue weighted by Gasteiger charge is 2.27. The van der Waals surface area contributed by atoms with Crippen molar-refractivity contribution < 1.29 is 0 Å². The van der Waals surface area contributed by atoms with Crippen LogP contribution in [0.15, 0.2) is 18.2 Å². The van der Waals surface area contributed by atoms with Crippen LogP contribution in [-0.2, 0) is 0 Å². The highest BCUT2D eigenvalue weighted by Crippen LogP contribution is 2.33. The van der Waals surface area contributed by atoms with Gasteiger partial charge in [0.15, 0.2) is 0 Å². The molecule has 25 heavy (non-hydrogen) atoms. The van der Waals surface area contributed by atoms with E-state index in [1.165, 1.54) is 63.0 Å². The van der Waals surface area contributed by atoms with Crippen LogP contribution in [-0.4, -0.2) is 49.1 Å². The number of hydrogen-bond donors (Lipinski definition) is 0. The van der Waals surface area contributed by atoms with E-state index >= 15 is 0 Å². The second kappa shape index (κ2) is 11.9. The molecule has 0 aromatic heterocycles. The fraction of sp³-hybridized carbons (Fsp3) is 0.727. The summed E-state index contributed by atoms with van der Waals surface area (Å²) in [6.07, 6.45) is 5.31. The summed E-state index contributed by atoms with van der Waals surface area (Å²) in [6.45, 7) is 15.0. The number of likely N-dealkylation sites (tertiary alicyclic amines) is 1. The molecule has 0 amide bonds. The maximum atomic E-state index is 6.42. The van der Waals surface area contributed by atoms with Gasteiger partial charge in [-0.1, -0.05) is 51.4 Å². The minimum atomic E-state index is 0.649. The Morgan fingerprint density at radius 1 is 1.04 bits per heavy atom. The normalized spacial score (nSPS) is 18.2. The zero-order valence-electron chi connectivity index (χ0n) is 17.3. The topological polar surface area (TPSA) is 6.48 Å². The smallest absolute Gasteiger partial charge is 0.0443 e. The third-order valence-corrected chi connectivity index (χ3v) is 5.45. The van der Waals surface area contributed by atoms with Gasteiger partial charge in [-0.15, -0.1) is 0 Å². The van der Waals surface area contributed by atoms with E-state index < -0.39 is 0 Å². The molecular weight excluding hydrogens is 328 g/mol. The molecule has 0 N–H and O–H groups in total. The Kier molecular flexibility index (Phi) is 10.7. The molecule has 1 saturated carbocycles. The van der Waals surface area contributed by atoms with Crippen LogP contribution in [0.1, 0.15) is 70.4 Å². The fourth-order valence-corrected chi connectivity index (χ4v) is 3.82. The molecule has 1 aliphatic carbocycles. The summed E-state index contributed by atoms with van der Waals surface area (Å²) in [5.74, 6) is 0.649. The predicted molar refractivity (Wildman–Crippen MR) is 113 cm³/mol. The zero-order valence-corrected chi connectivity index (χ0v) is 18.1. The van der Waals surface area contributed by atoms with Gasteiger partial charge in [0.05, 0.1) is 0 Å². The summed E-state index contributed by atoms with van der Waals surface area (Å²) >= 11 is 6.42. The number of likely N-dealkylation sites (N-methyl/N-ethyl adjacent to an activating group) is 1. The monoisotopic (exact) mass is 366 g/mol. The van der Waals surface area contributed by atoms with Crippen LogP contribution in [0.25, 0.3) is 0 Å².